The number of aromatic amines is 1. The third-order valence-corrected chi connectivity index (χ3v) is 5.55. The van der Waals surface area contributed by atoms with Gasteiger partial charge in [-0.2, -0.15) is 0 Å². The molecule has 1 N–H and O–H groups in total. The molecule has 1 saturated heterocycles. The topological polar surface area (TPSA) is 49.0 Å². The molecule has 0 unspecified atom stereocenters. The molecule has 1 fully saturated rings. The van der Waals surface area contributed by atoms with Crippen LogP contribution in [-0.4, -0.2) is 40.8 Å². The minimum Gasteiger partial charge on any atom is -0.360 e. The predicted molar refractivity (Wildman–Crippen MR) is 93.3 cm³/mol. The van der Waals surface area contributed by atoms with Gasteiger partial charge in [-0.05, 0) is 39.0 Å². The molecule has 5 heteroatoms. The summed E-state index contributed by atoms with van der Waals surface area (Å²) in [5.74, 6) is 0.513. The van der Waals surface area contributed by atoms with Gasteiger partial charge in [0, 0.05) is 28.4 Å². The van der Waals surface area contributed by atoms with E-state index in [-0.39, 0.29) is 5.78 Å². The Kier molecular flexibility index (Phi) is 3.75. The number of carbonyl (C=O) groups excluding carboxylic acids is 1. The van der Waals surface area contributed by atoms with Gasteiger partial charge < -0.3 is 9.88 Å². The Labute approximate surface area is 139 Å². The zero-order valence-corrected chi connectivity index (χ0v) is 13.9. The SMILES string of the molecule is CN1CCC(c2csc(C(=O)c3c[nH]c4ccccc34)n2)CC1. The van der Waals surface area contributed by atoms with Gasteiger partial charge in [-0.25, -0.2) is 4.98 Å². The van der Waals surface area contributed by atoms with Gasteiger partial charge in [0.25, 0.3) is 0 Å². The lowest BCUT2D eigenvalue weighted by atomic mass is 9.94. The van der Waals surface area contributed by atoms with Gasteiger partial charge in [-0.15, -0.1) is 11.3 Å². The minimum absolute atomic E-state index is 0.0200. The maximum absolute atomic E-state index is 12.8. The highest BCUT2D eigenvalue weighted by molar-refractivity contribution is 7.12. The number of piperidine rings is 1. The molecule has 2 aromatic heterocycles. The number of nitrogens with zero attached hydrogens (tertiary/aromatic N) is 2. The molecule has 0 radical (unpaired) electrons. The molecule has 1 aromatic carbocycles. The van der Waals surface area contributed by atoms with Crippen molar-refractivity contribution in [2.45, 2.75) is 18.8 Å². The van der Waals surface area contributed by atoms with Crippen LogP contribution in [0.5, 0.6) is 0 Å². The molecule has 0 spiro atoms. The van der Waals surface area contributed by atoms with Crippen molar-refractivity contribution in [2.75, 3.05) is 20.1 Å². The number of rotatable bonds is 3. The standard InChI is InChI=1S/C18H19N3OS/c1-21-8-6-12(7-9-21)16-11-23-18(20-16)17(22)14-10-19-15-5-3-2-4-13(14)15/h2-5,10-12,19H,6-9H2,1H3. The summed E-state index contributed by atoms with van der Waals surface area (Å²) in [7, 11) is 2.16. The highest BCUT2D eigenvalue weighted by Crippen LogP contribution is 2.30. The van der Waals surface area contributed by atoms with E-state index in [9.17, 15) is 4.79 Å². The Morgan fingerprint density at radius 1 is 1.30 bits per heavy atom. The van der Waals surface area contributed by atoms with E-state index < -0.39 is 0 Å². The number of H-pyrrole nitrogens is 1. The van der Waals surface area contributed by atoms with Crippen molar-refractivity contribution in [1.29, 1.82) is 0 Å². The highest BCUT2D eigenvalue weighted by Gasteiger charge is 2.23. The van der Waals surface area contributed by atoms with Crippen LogP contribution >= 0.6 is 11.3 Å². The molecule has 4 nitrogen and oxygen atoms in total. The molecule has 1 aliphatic rings. The van der Waals surface area contributed by atoms with E-state index in [1.165, 1.54) is 11.3 Å². The van der Waals surface area contributed by atoms with Crippen LogP contribution in [0.4, 0.5) is 0 Å². The van der Waals surface area contributed by atoms with Crippen LogP contribution in [0.15, 0.2) is 35.8 Å². The summed E-state index contributed by atoms with van der Waals surface area (Å²) < 4.78 is 0. The molecule has 0 aliphatic carbocycles. The third-order valence-electron chi connectivity index (χ3n) is 4.69. The first kappa shape index (κ1) is 14.6. The van der Waals surface area contributed by atoms with Crippen LogP contribution in [-0.2, 0) is 0 Å². The molecule has 0 saturated carbocycles. The van der Waals surface area contributed by atoms with Crippen molar-refractivity contribution in [1.82, 2.24) is 14.9 Å². The summed E-state index contributed by atoms with van der Waals surface area (Å²) in [5.41, 5.74) is 2.79. The number of nitrogens with one attached hydrogen (secondary N) is 1. The average Bonchev–Trinajstić information content (AvgIpc) is 3.22. The third kappa shape index (κ3) is 2.71. The number of ketones is 1. The van der Waals surface area contributed by atoms with Gasteiger partial charge in [0.15, 0.2) is 5.01 Å². The van der Waals surface area contributed by atoms with Crippen LogP contribution in [0.1, 0.15) is 39.8 Å². The molecule has 23 heavy (non-hydrogen) atoms. The number of likely N-dealkylation sites (tertiary alicyclic amines) is 1. The normalized spacial score (nSPS) is 16.9. The van der Waals surface area contributed by atoms with Crippen molar-refractivity contribution >= 4 is 28.0 Å². The van der Waals surface area contributed by atoms with Crippen LogP contribution < -0.4 is 0 Å². The van der Waals surface area contributed by atoms with E-state index in [2.05, 4.69) is 27.3 Å². The average molecular weight is 325 g/mol. The van der Waals surface area contributed by atoms with Gasteiger partial charge in [0.1, 0.15) is 0 Å². The lowest BCUT2D eigenvalue weighted by molar-refractivity contribution is 0.103. The Hall–Kier alpha value is -1.98. The largest absolute Gasteiger partial charge is 0.360 e. The van der Waals surface area contributed by atoms with E-state index in [1.807, 2.05) is 24.3 Å². The van der Waals surface area contributed by atoms with Gasteiger partial charge in [0.05, 0.1) is 11.3 Å². The van der Waals surface area contributed by atoms with E-state index in [1.54, 1.807) is 6.20 Å². The van der Waals surface area contributed by atoms with Crippen molar-refractivity contribution in [2.24, 2.45) is 0 Å². The predicted octanol–water partition coefficient (Wildman–Crippen LogP) is 3.66. The molecular formula is C18H19N3OS. The summed E-state index contributed by atoms with van der Waals surface area (Å²) in [6.07, 6.45) is 4.05. The molecular weight excluding hydrogens is 306 g/mol. The van der Waals surface area contributed by atoms with E-state index in [0.29, 0.717) is 16.5 Å². The summed E-state index contributed by atoms with van der Waals surface area (Å²) in [6.45, 7) is 2.21. The molecule has 0 amide bonds. The Bertz CT molecular complexity index is 843. The minimum atomic E-state index is 0.0200. The molecule has 3 heterocycles. The van der Waals surface area contributed by atoms with Gasteiger partial charge in [0.2, 0.25) is 5.78 Å². The Morgan fingerprint density at radius 2 is 2.09 bits per heavy atom. The number of benzene rings is 1. The summed E-state index contributed by atoms with van der Waals surface area (Å²) >= 11 is 1.47. The molecule has 118 valence electrons. The second-order valence-corrected chi connectivity index (χ2v) is 7.09. The number of hydrogen-bond acceptors (Lipinski definition) is 4. The molecule has 0 bridgehead atoms. The summed E-state index contributed by atoms with van der Waals surface area (Å²) in [5, 5.41) is 3.63. The maximum atomic E-state index is 12.8. The fourth-order valence-corrected chi connectivity index (χ4v) is 4.11. The smallest absolute Gasteiger partial charge is 0.223 e. The fourth-order valence-electron chi connectivity index (χ4n) is 3.26. The zero-order valence-electron chi connectivity index (χ0n) is 13.1. The van der Waals surface area contributed by atoms with Crippen LogP contribution in [0, 0.1) is 0 Å². The van der Waals surface area contributed by atoms with Gasteiger partial charge >= 0.3 is 0 Å². The Morgan fingerprint density at radius 3 is 2.91 bits per heavy atom. The second-order valence-electron chi connectivity index (χ2n) is 6.23. The lowest BCUT2D eigenvalue weighted by Crippen LogP contribution is -2.29. The van der Waals surface area contributed by atoms with Crippen LogP contribution in [0.3, 0.4) is 0 Å². The monoisotopic (exact) mass is 325 g/mol. The van der Waals surface area contributed by atoms with E-state index >= 15 is 0 Å². The van der Waals surface area contributed by atoms with Crippen molar-refractivity contribution < 1.29 is 4.79 Å². The number of hydrogen-bond donors (Lipinski definition) is 1. The lowest BCUT2D eigenvalue weighted by Gasteiger charge is -2.27. The molecule has 0 atom stereocenters. The van der Waals surface area contributed by atoms with Crippen molar-refractivity contribution in [3.8, 4) is 0 Å². The summed E-state index contributed by atoms with van der Waals surface area (Å²) in [4.78, 5) is 23.0. The fraction of sp³-hybridized carbons (Fsp3) is 0.333. The van der Waals surface area contributed by atoms with E-state index in [4.69, 9.17) is 0 Å². The maximum Gasteiger partial charge on any atom is 0.223 e. The second kappa shape index (κ2) is 5.91. The first-order chi connectivity index (χ1) is 11.2. The zero-order chi connectivity index (χ0) is 15.8. The number of aromatic nitrogens is 2. The van der Waals surface area contributed by atoms with Crippen molar-refractivity contribution in [3.63, 3.8) is 0 Å². The van der Waals surface area contributed by atoms with Gasteiger partial charge in [-0.3, -0.25) is 4.79 Å². The number of fused-ring (bicyclic) bond motifs is 1. The molecule has 1 aliphatic heterocycles. The van der Waals surface area contributed by atoms with Gasteiger partial charge in [-0.1, -0.05) is 18.2 Å². The summed E-state index contributed by atoms with van der Waals surface area (Å²) in [6, 6.07) is 7.88. The van der Waals surface area contributed by atoms with Crippen molar-refractivity contribution in [3.05, 3.63) is 52.1 Å². The first-order valence-corrected chi connectivity index (χ1v) is 8.85. The highest BCUT2D eigenvalue weighted by atomic mass is 32.1. The quantitative estimate of drug-likeness (QED) is 0.748. The number of carbonyl (C=O) groups is 1. The molecule has 4 rings (SSSR count). The Balaban J connectivity index is 1.60. The molecule has 3 aromatic rings. The van der Waals surface area contributed by atoms with Crippen LogP contribution in [0.2, 0.25) is 0 Å². The number of thiazole rings is 1. The number of para-hydroxylation sites is 1. The first-order valence-electron chi connectivity index (χ1n) is 7.97. The van der Waals surface area contributed by atoms with E-state index in [0.717, 1.165) is 42.5 Å². The van der Waals surface area contributed by atoms with Crippen LogP contribution in [0.25, 0.3) is 10.9 Å².